The molecule has 0 unspecified atom stereocenters. The minimum atomic E-state index is -0.363. The maximum absolute atomic E-state index is 14.2. The van der Waals surface area contributed by atoms with Crippen molar-refractivity contribution in [2.45, 2.75) is 6.42 Å². The van der Waals surface area contributed by atoms with Crippen molar-refractivity contribution in [1.29, 1.82) is 0 Å². The third-order valence-electron chi connectivity index (χ3n) is 6.28. The Hall–Kier alpha value is -3.71. The van der Waals surface area contributed by atoms with E-state index in [9.17, 15) is 4.39 Å². The van der Waals surface area contributed by atoms with Gasteiger partial charge in [0.25, 0.3) is 0 Å². The molecular weight excluding hydrogens is 429 g/mol. The molecule has 0 atom stereocenters. The second-order valence-corrected chi connectivity index (χ2v) is 8.66. The van der Waals surface area contributed by atoms with E-state index in [4.69, 9.17) is 9.72 Å². The first-order chi connectivity index (χ1) is 16.6. The van der Waals surface area contributed by atoms with E-state index in [2.05, 4.69) is 45.3 Å². The number of hydrogen-bond donors (Lipinski definition) is 1. The molecule has 34 heavy (non-hydrogen) atoms. The van der Waals surface area contributed by atoms with Crippen molar-refractivity contribution in [3.63, 3.8) is 0 Å². The molecule has 0 bridgehead atoms. The number of benzene rings is 3. The summed E-state index contributed by atoms with van der Waals surface area (Å²) in [6, 6.07) is 19.4. The fourth-order valence-corrected chi connectivity index (χ4v) is 4.33. The summed E-state index contributed by atoms with van der Waals surface area (Å²) < 4.78 is 19.2. The van der Waals surface area contributed by atoms with Crippen LogP contribution in [-0.4, -0.2) is 55.2 Å². The smallest absolute Gasteiger partial charge is 0.227 e. The van der Waals surface area contributed by atoms with Crippen molar-refractivity contribution in [2.24, 2.45) is 0 Å². The van der Waals surface area contributed by atoms with Gasteiger partial charge in [-0.05, 0) is 54.9 Å². The SMILES string of the molecule is COc1ccc(Cc2cccc3cnc(Nc4cccc(N5CCN(C)CC5)c4)nc23)cc1F. The van der Waals surface area contributed by atoms with Crippen LogP contribution >= 0.6 is 0 Å². The summed E-state index contributed by atoms with van der Waals surface area (Å²) in [7, 11) is 3.63. The summed E-state index contributed by atoms with van der Waals surface area (Å²) in [4.78, 5) is 14.1. The quantitative estimate of drug-likeness (QED) is 0.446. The Morgan fingerprint density at radius 1 is 1.00 bits per heavy atom. The lowest BCUT2D eigenvalue weighted by Crippen LogP contribution is -2.44. The molecule has 3 aromatic carbocycles. The number of fused-ring (bicyclic) bond motifs is 1. The van der Waals surface area contributed by atoms with Crippen molar-refractivity contribution in [1.82, 2.24) is 14.9 Å². The molecule has 4 aromatic rings. The van der Waals surface area contributed by atoms with Gasteiger partial charge in [-0.1, -0.05) is 30.3 Å². The number of ether oxygens (including phenoxy) is 1. The molecule has 0 saturated carbocycles. The van der Waals surface area contributed by atoms with E-state index in [1.54, 1.807) is 6.07 Å². The predicted octanol–water partition coefficient (Wildman–Crippen LogP) is 4.86. The van der Waals surface area contributed by atoms with Crippen molar-refractivity contribution in [3.05, 3.63) is 83.8 Å². The number of nitrogens with one attached hydrogen (secondary N) is 1. The van der Waals surface area contributed by atoms with Crippen LogP contribution in [0.25, 0.3) is 10.9 Å². The molecule has 0 spiro atoms. The van der Waals surface area contributed by atoms with Crippen molar-refractivity contribution < 1.29 is 9.13 Å². The first-order valence-electron chi connectivity index (χ1n) is 11.5. The normalized spacial score (nSPS) is 14.4. The molecule has 1 aliphatic heterocycles. The van der Waals surface area contributed by atoms with Crippen LogP contribution < -0.4 is 15.0 Å². The molecule has 2 heterocycles. The van der Waals surface area contributed by atoms with Gasteiger partial charge in [-0.3, -0.25) is 0 Å². The molecule has 1 saturated heterocycles. The van der Waals surface area contributed by atoms with Crippen molar-refractivity contribution in [3.8, 4) is 5.75 Å². The number of hydrogen-bond acceptors (Lipinski definition) is 6. The number of likely N-dealkylation sites (N-methyl/N-ethyl adjacent to an activating group) is 1. The molecule has 7 heteroatoms. The predicted molar refractivity (Wildman–Crippen MR) is 135 cm³/mol. The number of rotatable bonds is 6. The van der Waals surface area contributed by atoms with Gasteiger partial charge in [0.15, 0.2) is 11.6 Å². The molecule has 1 aromatic heterocycles. The van der Waals surface area contributed by atoms with Crippen LogP contribution in [-0.2, 0) is 6.42 Å². The summed E-state index contributed by atoms with van der Waals surface area (Å²) >= 11 is 0. The standard InChI is InChI=1S/C27H28FN5O/c1-32-11-13-33(14-12-32)23-8-4-7-22(17-23)30-27-29-18-21-6-3-5-20(26(21)31-27)15-19-9-10-25(34-2)24(28)16-19/h3-10,16-18H,11-15H2,1-2H3,(H,29,30,31). The zero-order chi connectivity index (χ0) is 23.5. The lowest BCUT2D eigenvalue weighted by atomic mass is 10.0. The van der Waals surface area contributed by atoms with Gasteiger partial charge in [-0.25, -0.2) is 14.4 Å². The van der Waals surface area contributed by atoms with Gasteiger partial charge in [0.05, 0.1) is 12.6 Å². The lowest BCUT2D eigenvalue weighted by molar-refractivity contribution is 0.313. The van der Waals surface area contributed by atoms with Gasteiger partial charge in [0.2, 0.25) is 5.95 Å². The fourth-order valence-electron chi connectivity index (χ4n) is 4.33. The van der Waals surface area contributed by atoms with Crippen LogP contribution in [0.1, 0.15) is 11.1 Å². The highest BCUT2D eigenvalue weighted by Gasteiger charge is 2.15. The molecule has 0 amide bonds. The van der Waals surface area contributed by atoms with Crippen LogP contribution in [0, 0.1) is 5.82 Å². The third-order valence-corrected chi connectivity index (χ3v) is 6.28. The second kappa shape index (κ2) is 9.65. The molecular formula is C27H28FN5O. The number of anilines is 3. The Labute approximate surface area is 199 Å². The third kappa shape index (κ3) is 4.79. The molecule has 0 aliphatic carbocycles. The highest BCUT2D eigenvalue weighted by atomic mass is 19.1. The molecule has 1 N–H and O–H groups in total. The first-order valence-corrected chi connectivity index (χ1v) is 11.5. The molecule has 1 fully saturated rings. The summed E-state index contributed by atoms with van der Waals surface area (Å²) in [5.74, 6) is 0.420. The Morgan fingerprint density at radius 2 is 1.82 bits per heavy atom. The maximum atomic E-state index is 14.2. The van der Waals surface area contributed by atoms with Gasteiger partial charge >= 0.3 is 0 Å². The maximum Gasteiger partial charge on any atom is 0.227 e. The van der Waals surface area contributed by atoms with Crippen molar-refractivity contribution >= 4 is 28.2 Å². The number of piperazine rings is 1. The average Bonchev–Trinajstić information content (AvgIpc) is 2.85. The van der Waals surface area contributed by atoms with Crippen LogP contribution in [0.15, 0.2) is 66.9 Å². The second-order valence-electron chi connectivity index (χ2n) is 8.66. The lowest BCUT2D eigenvalue weighted by Gasteiger charge is -2.34. The average molecular weight is 458 g/mol. The van der Waals surface area contributed by atoms with Crippen LogP contribution in [0.3, 0.4) is 0 Å². The number of para-hydroxylation sites is 1. The molecule has 1 aliphatic rings. The van der Waals surface area contributed by atoms with Gasteiger partial charge in [0, 0.05) is 49.1 Å². The van der Waals surface area contributed by atoms with E-state index in [0.717, 1.165) is 53.9 Å². The summed E-state index contributed by atoms with van der Waals surface area (Å²) in [6.45, 7) is 4.15. The van der Waals surface area contributed by atoms with Crippen LogP contribution in [0.4, 0.5) is 21.7 Å². The Kier molecular flexibility index (Phi) is 6.27. The minimum Gasteiger partial charge on any atom is -0.494 e. The Morgan fingerprint density at radius 3 is 2.62 bits per heavy atom. The van der Waals surface area contributed by atoms with Gasteiger partial charge in [-0.15, -0.1) is 0 Å². The van der Waals surface area contributed by atoms with Gasteiger partial charge in [0.1, 0.15) is 0 Å². The van der Waals surface area contributed by atoms with Gasteiger partial charge < -0.3 is 19.9 Å². The monoisotopic (exact) mass is 457 g/mol. The van der Waals surface area contributed by atoms with Gasteiger partial charge in [-0.2, -0.15) is 0 Å². The Bertz CT molecular complexity index is 1300. The van der Waals surface area contributed by atoms with E-state index in [1.165, 1.54) is 18.9 Å². The van der Waals surface area contributed by atoms with Crippen molar-refractivity contribution in [2.75, 3.05) is 50.6 Å². The number of halogens is 1. The molecule has 6 nitrogen and oxygen atoms in total. The van der Waals surface area contributed by atoms with E-state index < -0.39 is 0 Å². The largest absolute Gasteiger partial charge is 0.494 e. The summed E-state index contributed by atoms with van der Waals surface area (Å²) in [6.07, 6.45) is 2.39. The molecule has 174 valence electrons. The summed E-state index contributed by atoms with van der Waals surface area (Å²) in [5, 5.41) is 4.31. The van der Waals surface area contributed by atoms with E-state index >= 15 is 0 Å². The topological polar surface area (TPSA) is 53.5 Å². The summed E-state index contributed by atoms with van der Waals surface area (Å²) in [5.41, 5.74) is 4.87. The number of aromatic nitrogens is 2. The Balaban J connectivity index is 1.39. The first kappa shape index (κ1) is 22.1. The highest BCUT2D eigenvalue weighted by molar-refractivity contribution is 5.82. The van der Waals surface area contributed by atoms with E-state index in [-0.39, 0.29) is 11.6 Å². The highest BCUT2D eigenvalue weighted by Crippen LogP contribution is 2.26. The fraction of sp³-hybridized carbons (Fsp3) is 0.259. The van der Waals surface area contributed by atoms with Crippen LogP contribution in [0.2, 0.25) is 0 Å². The zero-order valence-electron chi connectivity index (χ0n) is 19.5. The molecule has 0 radical (unpaired) electrons. The van der Waals surface area contributed by atoms with E-state index in [0.29, 0.717) is 12.4 Å². The minimum absolute atomic E-state index is 0.245. The van der Waals surface area contributed by atoms with E-state index in [1.807, 2.05) is 36.5 Å². The number of methoxy groups -OCH3 is 1. The van der Waals surface area contributed by atoms with Crippen LogP contribution in [0.5, 0.6) is 5.75 Å². The molecule has 5 rings (SSSR count). The zero-order valence-corrected chi connectivity index (χ0v) is 19.5. The number of nitrogens with zero attached hydrogens (tertiary/aromatic N) is 4.